The van der Waals surface area contributed by atoms with Crippen molar-refractivity contribution in [1.82, 2.24) is 20.0 Å². The average Bonchev–Trinajstić information content (AvgIpc) is 2.62. The van der Waals surface area contributed by atoms with Crippen LogP contribution in [0.1, 0.15) is 27.7 Å². The molecule has 0 atom stereocenters. The maximum atomic E-state index is 13.1. The molecule has 0 radical (unpaired) electrons. The molecule has 2 N–H and O–H groups in total. The minimum Gasteiger partial charge on any atom is -0.314 e. The van der Waals surface area contributed by atoms with Crippen molar-refractivity contribution in [3.8, 4) is 0 Å². The lowest BCUT2D eigenvalue weighted by Gasteiger charge is -2.32. The topological polar surface area (TPSA) is 102 Å². The first-order valence-corrected chi connectivity index (χ1v) is 13.1. The Hall–Kier alpha value is 0.140. The number of hydrogen-bond donors (Lipinski definition) is 2. The quantitative estimate of drug-likeness (QED) is 0.487. The van der Waals surface area contributed by atoms with Crippen LogP contribution in [0.15, 0.2) is 0 Å². The number of nitrogens with zero attached hydrogens (tertiary/aromatic N) is 2. The minimum atomic E-state index is -3.30. The molecule has 1 aliphatic rings. The molecule has 168 valence electrons. The molecule has 10 nitrogen and oxygen atoms in total. The first kappa shape index (κ1) is 26.2. The second-order valence-corrected chi connectivity index (χ2v) is 10.1. The largest absolute Gasteiger partial charge is 0.408 e. The lowest BCUT2D eigenvalue weighted by Crippen LogP contribution is -2.42. The third-order valence-corrected chi connectivity index (χ3v) is 8.57. The van der Waals surface area contributed by atoms with Gasteiger partial charge in [-0.3, -0.25) is 18.1 Å². The van der Waals surface area contributed by atoms with Crippen LogP contribution in [0.3, 0.4) is 0 Å². The van der Waals surface area contributed by atoms with Crippen LogP contribution in [0.4, 0.5) is 0 Å². The molecule has 28 heavy (non-hydrogen) atoms. The van der Waals surface area contributed by atoms with Gasteiger partial charge < -0.3 is 10.6 Å². The van der Waals surface area contributed by atoms with E-state index in [0.717, 1.165) is 0 Å². The van der Waals surface area contributed by atoms with Gasteiger partial charge in [-0.05, 0) is 27.7 Å². The van der Waals surface area contributed by atoms with Crippen molar-refractivity contribution >= 4 is 15.5 Å². The molecule has 0 unspecified atom stereocenters. The Labute approximate surface area is 169 Å². The van der Waals surface area contributed by atoms with Crippen molar-refractivity contribution in [3.63, 3.8) is 0 Å². The summed E-state index contributed by atoms with van der Waals surface area (Å²) in [4.78, 5) is 0. The Morgan fingerprint density at radius 2 is 0.857 bits per heavy atom. The van der Waals surface area contributed by atoms with Gasteiger partial charge in [-0.15, -0.1) is 0 Å². The zero-order chi connectivity index (χ0) is 20.9. The molecule has 1 rings (SSSR count). The van der Waals surface area contributed by atoms with Crippen molar-refractivity contribution < 1.29 is 27.2 Å². The Bertz CT molecular complexity index is 438. The van der Waals surface area contributed by atoms with Gasteiger partial charge >= 0.3 is 15.5 Å². The van der Waals surface area contributed by atoms with Gasteiger partial charge in [-0.2, -0.15) is 0 Å². The second kappa shape index (κ2) is 14.2. The number of nitrogens with one attached hydrogen (secondary N) is 2. The van der Waals surface area contributed by atoms with Crippen LogP contribution >= 0.6 is 15.5 Å². The Kier molecular flexibility index (Phi) is 13.3. The van der Waals surface area contributed by atoms with Gasteiger partial charge in [0.1, 0.15) is 0 Å². The summed E-state index contributed by atoms with van der Waals surface area (Å²) in [6.45, 7) is 13.0. The number of hydrogen-bond acceptors (Lipinski definition) is 8. The highest BCUT2D eigenvalue weighted by Crippen LogP contribution is 2.52. The van der Waals surface area contributed by atoms with E-state index in [4.69, 9.17) is 18.1 Å². The predicted molar refractivity (Wildman–Crippen MR) is 111 cm³/mol. The third-order valence-electron chi connectivity index (χ3n) is 4.05. The summed E-state index contributed by atoms with van der Waals surface area (Å²) in [5, 5.41) is 6.62. The molecule has 12 heteroatoms. The smallest absolute Gasteiger partial charge is 0.314 e. The van der Waals surface area contributed by atoms with Crippen LogP contribution < -0.4 is 10.6 Å². The van der Waals surface area contributed by atoms with Crippen molar-refractivity contribution in [3.05, 3.63) is 0 Å². The Balaban J connectivity index is 2.75. The SMILES string of the molecule is CCOP(=O)(OCC)N1CCNCCN(P(=O)(OCC)OCC)CCNCC1. The van der Waals surface area contributed by atoms with E-state index in [9.17, 15) is 9.13 Å². The van der Waals surface area contributed by atoms with E-state index < -0.39 is 15.5 Å². The van der Waals surface area contributed by atoms with Crippen LogP contribution in [-0.4, -0.2) is 88.1 Å². The van der Waals surface area contributed by atoms with Crippen LogP contribution in [0.2, 0.25) is 0 Å². The molecule has 0 aromatic carbocycles. The summed E-state index contributed by atoms with van der Waals surface area (Å²) >= 11 is 0. The molecular weight excluding hydrogens is 406 g/mol. The van der Waals surface area contributed by atoms with Crippen molar-refractivity contribution in [2.75, 3.05) is 78.8 Å². The first-order chi connectivity index (χ1) is 13.5. The van der Waals surface area contributed by atoms with Crippen LogP contribution in [0.25, 0.3) is 0 Å². The van der Waals surface area contributed by atoms with E-state index in [1.165, 1.54) is 0 Å². The van der Waals surface area contributed by atoms with E-state index >= 15 is 0 Å². The fraction of sp³-hybridized carbons (Fsp3) is 1.00. The molecule has 0 aromatic rings. The zero-order valence-corrected chi connectivity index (χ0v) is 19.5. The first-order valence-electron chi connectivity index (χ1n) is 10.2. The van der Waals surface area contributed by atoms with Crippen LogP contribution in [0, 0.1) is 0 Å². The highest BCUT2D eigenvalue weighted by atomic mass is 31.2. The fourth-order valence-corrected chi connectivity index (χ4v) is 6.34. The van der Waals surface area contributed by atoms with Crippen LogP contribution in [0.5, 0.6) is 0 Å². The maximum absolute atomic E-state index is 13.1. The van der Waals surface area contributed by atoms with Gasteiger partial charge in [-0.1, -0.05) is 0 Å². The molecule has 1 saturated heterocycles. The molecule has 0 bridgehead atoms. The van der Waals surface area contributed by atoms with Crippen molar-refractivity contribution in [2.24, 2.45) is 0 Å². The summed E-state index contributed by atoms with van der Waals surface area (Å²) in [5.74, 6) is 0. The zero-order valence-electron chi connectivity index (χ0n) is 17.7. The molecule has 0 aromatic heterocycles. The Morgan fingerprint density at radius 3 is 1.07 bits per heavy atom. The molecule has 0 amide bonds. The lowest BCUT2D eigenvalue weighted by atomic mass is 10.4. The summed E-state index contributed by atoms with van der Waals surface area (Å²) < 4.78 is 51.6. The molecule has 0 aliphatic carbocycles. The number of rotatable bonds is 10. The highest BCUT2D eigenvalue weighted by Gasteiger charge is 2.34. The maximum Gasteiger partial charge on any atom is 0.408 e. The van der Waals surface area contributed by atoms with E-state index in [0.29, 0.717) is 78.8 Å². The molecular formula is C16H38N4O6P2. The van der Waals surface area contributed by atoms with E-state index in [1.54, 1.807) is 9.34 Å². The second-order valence-electron chi connectivity index (χ2n) is 6.02. The van der Waals surface area contributed by atoms with Gasteiger partial charge in [0.2, 0.25) is 0 Å². The van der Waals surface area contributed by atoms with Gasteiger partial charge in [0.15, 0.2) is 0 Å². The normalized spacial score (nSPS) is 19.9. The van der Waals surface area contributed by atoms with E-state index in [-0.39, 0.29) is 0 Å². The molecule has 0 spiro atoms. The highest BCUT2D eigenvalue weighted by molar-refractivity contribution is 7.51. The summed E-state index contributed by atoms with van der Waals surface area (Å²) in [5.41, 5.74) is 0. The van der Waals surface area contributed by atoms with E-state index in [2.05, 4.69) is 10.6 Å². The van der Waals surface area contributed by atoms with Crippen molar-refractivity contribution in [1.29, 1.82) is 0 Å². The molecule has 0 saturated carbocycles. The van der Waals surface area contributed by atoms with Gasteiger partial charge in [0.05, 0.1) is 26.4 Å². The lowest BCUT2D eigenvalue weighted by molar-refractivity contribution is 0.162. The molecule has 1 fully saturated rings. The van der Waals surface area contributed by atoms with Gasteiger partial charge in [0.25, 0.3) is 0 Å². The summed E-state index contributed by atoms with van der Waals surface area (Å²) in [7, 11) is -6.60. The molecule has 1 heterocycles. The standard InChI is InChI=1S/C16H38N4O6P2/c1-5-23-27(21,24-6-2)19-13-9-17-11-15-20(16-12-18-10-14-19)28(22,25-7-3)26-8-4/h17-18H,5-16H2,1-4H3. The predicted octanol–water partition coefficient (Wildman–Crippen LogP) is 2.15. The fourth-order valence-electron chi connectivity index (χ4n) is 2.85. The Morgan fingerprint density at radius 1 is 0.607 bits per heavy atom. The third kappa shape index (κ3) is 8.48. The monoisotopic (exact) mass is 444 g/mol. The average molecular weight is 444 g/mol. The minimum absolute atomic E-state index is 0.327. The van der Waals surface area contributed by atoms with Crippen molar-refractivity contribution in [2.45, 2.75) is 27.7 Å². The summed E-state index contributed by atoms with van der Waals surface area (Å²) in [6.07, 6.45) is 0. The van der Waals surface area contributed by atoms with Gasteiger partial charge in [0, 0.05) is 52.4 Å². The molecule has 1 aliphatic heterocycles. The van der Waals surface area contributed by atoms with Gasteiger partial charge in [-0.25, -0.2) is 18.5 Å². The van der Waals surface area contributed by atoms with E-state index in [1.807, 2.05) is 27.7 Å². The van der Waals surface area contributed by atoms with Crippen LogP contribution in [-0.2, 0) is 27.2 Å². The summed E-state index contributed by atoms with van der Waals surface area (Å²) in [6, 6.07) is 0.